The van der Waals surface area contributed by atoms with Crippen LogP contribution in [0.25, 0.3) is 0 Å². The molecule has 2 saturated heterocycles. The molecule has 40 heavy (non-hydrogen) atoms. The molecule has 0 saturated carbocycles. The zero-order valence-corrected chi connectivity index (χ0v) is 23.6. The lowest BCUT2D eigenvalue weighted by molar-refractivity contribution is -0.149. The summed E-state index contributed by atoms with van der Waals surface area (Å²) in [4.78, 5) is 18.4. The lowest BCUT2D eigenvalue weighted by Crippen LogP contribution is -2.48. The lowest BCUT2D eigenvalue weighted by Gasteiger charge is -2.36. The van der Waals surface area contributed by atoms with Crippen molar-refractivity contribution >= 4 is 5.97 Å². The number of fused-ring (bicyclic) bond motifs is 1. The highest BCUT2D eigenvalue weighted by Gasteiger charge is 2.56. The Hall–Kier alpha value is -3.03. The Labute approximate surface area is 238 Å². The molecule has 4 atom stereocenters. The molecule has 2 aliphatic heterocycles. The van der Waals surface area contributed by atoms with Gasteiger partial charge in [-0.2, -0.15) is 0 Å². The van der Waals surface area contributed by atoms with E-state index >= 15 is 0 Å². The van der Waals surface area contributed by atoms with Crippen LogP contribution in [0.5, 0.6) is 0 Å². The van der Waals surface area contributed by atoms with Crippen molar-refractivity contribution in [1.29, 1.82) is 0 Å². The highest BCUT2D eigenvalue weighted by Crippen LogP contribution is 2.45. The van der Waals surface area contributed by atoms with E-state index < -0.39 is 0 Å². The van der Waals surface area contributed by atoms with Gasteiger partial charge in [0.05, 0.1) is 33.0 Å². The fourth-order valence-corrected chi connectivity index (χ4v) is 6.50. The Morgan fingerprint density at radius 3 is 1.93 bits per heavy atom. The van der Waals surface area contributed by atoms with Gasteiger partial charge in [0.1, 0.15) is 6.04 Å². The van der Waals surface area contributed by atoms with E-state index in [1.165, 1.54) is 16.7 Å². The van der Waals surface area contributed by atoms with E-state index in [1.807, 2.05) is 49.4 Å². The molecule has 0 spiro atoms. The summed E-state index contributed by atoms with van der Waals surface area (Å²) in [5.74, 6) is -0.0832. The van der Waals surface area contributed by atoms with E-state index in [2.05, 4.69) is 58.3 Å². The molecule has 3 aromatic carbocycles. The number of ether oxygens (including phenoxy) is 3. The molecular weight excluding hydrogens is 500 g/mol. The first-order valence-electron chi connectivity index (χ1n) is 14.7. The van der Waals surface area contributed by atoms with Crippen LogP contribution >= 0.6 is 0 Å². The van der Waals surface area contributed by atoms with Crippen LogP contribution in [0.4, 0.5) is 0 Å². The number of hydrogen-bond donors (Lipinski definition) is 0. The Balaban J connectivity index is 1.35. The average Bonchev–Trinajstić information content (AvgIpc) is 3.59. The molecule has 0 aliphatic carbocycles. The number of rotatable bonds is 14. The molecule has 0 radical (unpaired) electrons. The third kappa shape index (κ3) is 6.99. The van der Waals surface area contributed by atoms with Gasteiger partial charge in [-0.25, -0.2) is 0 Å². The van der Waals surface area contributed by atoms with E-state index in [1.54, 1.807) is 0 Å². The standard InChI is InChI=1S/C34H42N2O4/c1-2-40-34(37)33-31(29-17-10-5-11-18-29)32(30-19-12-20-36(30)33)35(21-23-38-25-27-13-6-3-7-14-27)22-24-39-26-28-15-8-4-9-16-28/h3-11,13-18,30-33H,2,12,19-26H2,1H3/t30-,31-,32+,33+/m1/s1. The first kappa shape index (κ1) is 28.5. The Bertz CT molecular complexity index is 1110. The second kappa shape index (κ2) is 14.6. The quantitative estimate of drug-likeness (QED) is 0.204. The summed E-state index contributed by atoms with van der Waals surface area (Å²) >= 11 is 0. The minimum atomic E-state index is -0.280. The van der Waals surface area contributed by atoms with Gasteiger partial charge in [0, 0.05) is 31.1 Å². The normalized spacial score (nSPS) is 22.4. The SMILES string of the molecule is CCOC(=O)[C@@H]1[C@H](c2ccccc2)[C@@H](N(CCOCc2ccccc2)CCOCc2ccccc2)[C@H]2CCCN21. The number of hydrogen-bond acceptors (Lipinski definition) is 6. The molecule has 0 N–H and O–H groups in total. The molecule has 2 aliphatic rings. The van der Waals surface area contributed by atoms with E-state index in [4.69, 9.17) is 14.2 Å². The maximum absolute atomic E-state index is 13.4. The van der Waals surface area contributed by atoms with Crippen LogP contribution in [0.2, 0.25) is 0 Å². The highest BCUT2D eigenvalue weighted by atomic mass is 16.5. The zero-order chi connectivity index (χ0) is 27.6. The fraction of sp³-hybridized carbons (Fsp3) is 0.441. The second-order valence-electron chi connectivity index (χ2n) is 10.7. The van der Waals surface area contributed by atoms with Gasteiger partial charge in [0.15, 0.2) is 0 Å². The van der Waals surface area contributed by atoms with Crippen molar-refractivity contribution in [3.63, 3.8) is 0 Å². The number of carbonyl (C=O) groups excluding carboxylic acids is 1. The number of esters is 1. The minimum absolute atomic E-state index is 0.0220. The fourth-order valence-electron chi connectivity index (χ4n) is 6.50. The maximum Gasteiger partial charge on any atom is 0.324 e. The summed E-state index contributed by atoms with van der Waals surface area (Å²) in [5, 5.41) is 0. The van der Waals surface area contributed by atoms with Crippen LogP contribution in [-0.4, -0.2) is 73.3 Å². The lowest BCUT2D eigenvalue weighted by atomic mass is 9.84. The van der Waals surface area contributed by atoms with Gasteiger partial charge in [0.2, 0.25) is 0 Å². The van der Waals surface area contributed by atoms with Crippen molar-refractivity contribution in [3.05, 3.63) is 108 Å². The van der Waals surface area contributed by atoms with Crippen molar-refractivity contribution in [1.82, 2.24) is 9.80 Å². The van der Waals surface area contributed by atoms with Crippen molar-refractivity contribution in [3.8, 4) is 0 Å². The van der Waals surface area contributed by atoms with Crippen LogP contribution in [0.3, 0.4) is 0 Å². The Morgan fingerprint density at radius 1 is 0.825 bits per heavy atom. The molecule has 2 heterocycles. The van der Waals surface area contributed by atoms with Crippen LogP contribution in [0.1, 0.15) is 42.4 Å². The van der Waals surface area contributed by atoms with Crippen molar-refractivity contribution in [2.24, 2.45) is 0 Å². The van der Waals surface area contributed by atoms with Gasteiger partial charge in [-0.3, -0.25) is 14.6 Å². The van der Waals surface area contributed by atoms with Gasteiger partial charge in [-0.1, -0.05) is 91.0 Å². The molecule has 0 amide bonds. The third-order valence-corrected chi connectivity index (χ3v) is 8.20. The van der Waals surface area contributed by atoms with Crippen LogP contribution in [0, 0.1) is 0 Å². The van der Waals surface area contributed by atoms with Gasteiger partial charge in [0.25, 0.3) is 0 Å². The van der Waals surface area contributed by atoms with Crippen LogP contribution < -0.4 is 0 Å². The average molecular weight is 543 g/mol. The number of nitrogens with zero attached hydrogens (tertiary/aromatic N) is 2. The van der Waals surface area contributed by atoms with Crippen molar-refractivity contribution in [2.45, 2.75) is 57.0 Å². The largest absolute Gasteiger partial charge is 0.465 e. The van der Waals surface area contributed by atoms with Crippen LogP contribution in [-0.2, 0) is 32.2 Å². The van der Waals surface area contributed by atoms with Gasteiger partial charge in [-0.05, 0) is 43.0 Å². The van der Waals surface area contributed by atoms with E-state index in [-0.39, 0.29) is 24.0 Å². The summed E-state index contributed by atoms with van der Waals surface area (Å²) in [6, 6.07) is 31.3. The third-order valence-electron chi connectivity index (χ3n) is 8.20. The second-order valence-corrected chi connectivity index (χ2v) is 10.7. The summed E-state index contributed by atoms with van der Waals surface area (Å²) in [6.45, 7) is 7.17. The summed E-state index contributed by atoms with van der Waals surface area (Å²) < 4.78 is 18.0. The highest BCUT2D eigenvalue weighted by molar-refractivity contribution is 5.78. The molecule has 6 heteroatoms. The Kier molecular flexibility index (Phi) is 10.4. The van der Waals surface area contributed by atoms with E-state index in [9.17, 15) is 4.79 Å². The predicted molar refractivity (Wildman–Crippen MR) is 157 cm³/mol. The minimum Gasteiger partial charge on any atom is -0.465 e. The molecule has 2 fully saturated rings. The van der Waals surface area contributed by atoms with Gasteiger partial charge < -0.3 is 14.2 Å². The monoisotopic (exact) mass is 542 g/mol. The molecular formula is C34H42N2O4. The summed E-state index contributed by atoms with van der Waals surface area (Å²) in [6.07, 6.45) is 2.18. The predicted octanol–water partition coefficient (Wildman–Crippen LogP) is 5.28. The van der Waals surface area contributed by atoms with Crippen molar-refractivity contribution < 1.29 is 19.0 Å². The Morgan fingerprint density at radius 2 is 1.38 bits per heavy atom. The summed E-state index contributed by atoms with van der Waals surface area (Å²) in [5.41, 5.74) is 3.54. The van der Waals surface area contributed by atoms with Gasteiger partial charge in [-0.15, -0.1) is 0 Å². The molecule has 0 bridgehead atoms. The van der Waals surface area contributed by atoms with E-state index in [0.29, 0.717) is 39.1 Å². The van der Waals surface area contributed by atoms with Crippen LogP contribution in [0.15, 0.2) is 91.0 Å². The topological polar surface area (TPSA) is 51.2 Å². The smallest absolute Gasteiger partial charge is 0.324 e. The first-order chi connectivity index (χ1) is 19.8. The molecule has 3 aromatic rings. The molecule has 0 aromatic heterocycles. The maximum atomic E-state index is 13.4. The van der Waals surface area contributed by atoms with E-state index in [0.717, 1.165) is 32.5 Å². The molecule has 0 unspecified atom stereocenters. The molecule has 6 nitrogen and oxygen atoms in total. The summed E-state index contributed by atoms with van der Waals surface area (Å²) in [7, 11) is 0. The molecule has 5 rings (SSSR count). The molecule has 212 valence electrons. The van der Waals surface area contributed by atoms with Gasteiger partial charge >= 0.3 is 5.97 Å². The first-order valence-corrected chi connectivity index (χ1v) is 14.7. The van der Waals surface area contributed by atoms with Crippen molar-refractivity contribution in [2.75, 3.05) is 39.5 Å². The zero-order valence-electron chi connectivity index (χ0n) is 23.6. The number of carbonyl (C=O) groups is 1. The number of benzene rings is 3.